The Bertz CT molecular complexity index is 1040. The van der Waals surface area contributed by atoms with E-state index in [1.54, 1.807) is 12.1 Å². The summed E-state index contributed by atoms with van der Waals surface area (Å²) in [6.07, 6.45) is 0.363. The van der Waals surface area contributed by atoms with Crippen LogP contribution in [0, 0.1) is 0 Å². The highest BCUT2D eigenvalue weighted by atomic mass is 16.2. The van der Waals surface area contributed by atoms with Crippen molar-refractivity contribution in [3.8, 4) is 0 Å². The topological polar surface area (TPSA) is 52.7 Å². The van der Waals surface area contributed by atoms with Gasteiger partial charge in [0.05, 0.1) is 11.3 Å². The molecule has 0 spiro atoms. The maximum absolute atomic E-state index is 13.2. The molecule has 3 aromatic carbocycles. The van der Waals surface area contributed by atoms with Crippen LogP contribution < -0.4 is 10.2 Å². The van der Waals surface area contributed by atoms with Crippen LogP contribution in [0.1, 0.15) is 35.2 Å². The number of hydrogen-bond acceptors (Lipinski definition) is 3. The molecule has 0 radical (unpaired) electrons. The lowest BCUT2D eigenvalue weighted by atomic mass is 9.97. The molecule has 1 atom stereocenters. The van der Waals surface area contributed by atoms with Gasteiger partial charge in [-0.2, -0.15) is 0 Å². The lowest BCUT2D eigenvalue weighted by molar-refractivity contribution is -0.116. The van der Waals surface area contributed by atoms with Gasteiger partial charge in [-0.1, -0.05) is 67.6 Å². The zero-order valence-corrected chi connectivity index (χ0v) is 18.4. The highest BCUT2D eigenvalue weighted by Crippen LogP contribution is 2.23. The summed E-state index contributed by atoms with van der Waals surface area (Å²) in [5, 5.41) is 2.97. The fraction of sp³-hybridized carbons (Fsp3) is 0.259. The highest BCUT2D eigenvalue weighted by Gasteiger charge is 2.24. The molecule has 0 aromatic heterocycles. The molecule has 1 saturated heterocycles. The third kappa shape index (κ3) is 5.17. The molecule has 1 aliphatic rings. The number of amides is 2. The first-order chi connectivity index (χ1) is 15.6. The van der Waals surface area contributed by atoms with Gasteiger partial charge < -0.3 is 15.1 Å². The van der Waals surface area contributed by atoms with Crippen LogP contribution in [0.5, 0.6) is 0 Å². The molecule has 0 bridgehead atoms. The Kier molecular flexibility index (Phi) is 6.85. The summed E-state index contributed by atoms with van der Waals surface area (Å²) in [6, 6.07) is 27.6. The summed E-state index contributed by atoms with van der Waals surface area (Å²) < 4.78 is 0. The number of hydrogen-bond donors (Lipinski definition) is 1. The number of carbonyl (C=O) groups is 2. The first kappa shape index (κ1) is 21.6. The summed E-state index contributed by atoms with van der Waals surface area (Å²) in [4.78, 5) is 30.1. The Morgan fingerprint density at radius 1 is 0.812 bits per heavy atom. The van der Waals surface area contributed by atoms with E-state index in [1.807, 2.05) is 72.5 Å². The molecule has 1 N–H and O–H groups in total. The average molecular weight is 428 g/mol. The SMILES string of the molecule is CC(CC(=O)Nc1ccccc1C(=O)N1CCN(c2ccccc2)CC1)c1ccccc1. The fourth-order valence-corrected chi connectivity index (χ4v) is 4.13. The van der Waals surface area contributed by atoms with Gasteiger partial charge in [0.25, 0.3) is 5.91 Å². The molecule has 5 heteroatoms. The van der Waals surface area contributed by atoms with Crippen molar-refractivity contribution >= 4 is 23.2 Å². The van der Waals surface area contributed by atoms with Crippen molar-refractivity contribution in [1.82, 2.24) is 4.90 Å². The molecule has 3 aromatic rings. The van der Waals surface area contributed by atoms with Crippen molar-refractivity contribution in [2.24, 2.45) is 0 Å². The van der Waals surface area contributed by atoms with Crippen molar-refractivity contribution in [3.63, 3.8) is 0 Å². The average Bonchev–Trinajstić information content (AvgIpc) is 2.85. The predicted octanol–water partition coefficient (Wildman–Crippen LogP) is 4.78. The highest BCUT2D eigenvalue weighted by molar-refractivity contribution is 6.04. The second kappa shape index (κ2) is 10.1. The molecular weight excluding hydrogens is 398 g/mol. The molecule has 1 fully saturated rings. The summed E-state index contributed by atoms with van der Waals surface area (Å²) in [7, 11) is 0. The van der Waals surface area contributed by atoms with Crippen LogP contribution in [0.15, 0.2) is 84.9 Å². The van der Waals surface area contributed by atoms with Gasteiger partial charge in [-0.15, -0.1) is 0 Å². The van der Waals surface area contributed by atoms with Crippen LogP contribution in [0.2, 0.25) is 0 Å². The third-order valence-electron chi connectivity index (χ3n) is 5.98. The maximum atomic E-state index is 13.2. The summed E-state index contributed by atoms with van der Waals surface area (Å²) in [6.45, 7) is 4.93. The molecule has 1 unspecified atom stereocenters. The van der Waals surface area contributed by atoms with Crippen LogP contribution in [0.4, 0.5) is 11.4 Å². The molecule has 0 saturated carbocycles. The van der Waals surface area contributed by atoms with Gasteiger partial charge in [-0.25, -0.2) is 0 Å². The second-order valence-corrected chi connectivity index (χ2v) is 8.22. The number of rotatable bonds is 6. The van der Waals surface area contributed by atoms with Crippen molar-refractivity contribution in [3.05, 3.63) is 96.1 Å². The number of nitrogens with zero attached hydrogens (tertiary/aromatic N) is 2. The van der Waals surface area contributed by atoms with Gasteiger partial charge in [0.2, 0.25) is 5.91 Å². The third-order valence-corrected chi connectivity index (χ3v) is 5.98. The molecule has 164 valence electrons. The van der Waals surface area contributed by atoms with E-state index < -0.39 is 0 Å². The number of nitrogens with one attached hydrogen (secondary N) is 1. The molecule has 5 nitrogen and oxygen atoms in total. The van der Waals surface area contributed by atoms with E-state index in [0.29, 0.717) is 30.8 Å². The van der Waals surface area contributed by atoms with Crippen LogP contribution in [0.25, 0.3) is 0 Å². The quantitative estimate of drug-likeness (QED) is 0.616. The van der Waals surface area contributed by atoms with Crippen molar-refractivity contribution in [2.75, 3.05) is 36.4 Å². The van der Waals surface area contributed by atoms with Crippen LogP contribution >= 0.6 is 0 Å². The van der Waals surface area contributed by atoms with E-state index in [0.717, 1.165) is 18.7 Å². The molecule has 2 amide bonds. The first-order valence-corrected chi connectivity index (χ1v) is 11.1. The maximum Gasteiger partial charge on any atom is 0.256 e. The van der Waals surface area contributed by atoms with Crippen LogP contribution in [0.3, 0.4) is 0 Å². The Labute approximate surface area is 189 Å². The van der Waals surface area contributed by atoms with Crippen LogP contribution in [-0.2, 0) is 4.79 Å². The molecule has 1 aliphatic heterocycles. The lowest BCUT2D eigenvalue weighted by Crippen LogP contribution is -2.48. The van der Waals surface area contributed by atoms with Gasteiger partial charge >= 0.3 is 0 Å². The van der Waals surface area contributed by atoms with Gasteiger partial charge in [0.1, 0.15) is 0 Å². The van der Waals surface area contributed by atoms with E-state index in [1.165, 1.54) is 5.69 Å². The minimum Gasteiger partial charge on any atom is -0.368 e. The summed E-state index contributed by atoms with van der Waals surface area (Å²) in [5.74, 6) is -0.0228. The smallest absolute Gasteiger partial charge is 0.256 e. The first-order valence-electron chi connectivity index (χ1n) is 11.1. The zero-order chi connectivity index (χ0) is 22.3. The van der Waals surface area contributed by atoms with Crippen molar-refractivity contribution in [2.45, 2.75) is 19.3 Å². The van der Waals surface area contributed by atoms with Crippen molar-refractivity contribution in [1.29, 1.82) is 0 Å². The molecule has 1 heterocycles. The number of anilines is 2. The molecule has 0 aliphatic carbocycles. The van der Waals surface area contributed by atoms with Gasteiger partial charge in [-0.05, 0) is 35.7 Å². The number of piperazine rings is 1. The number of carbonyl (C=O) groups excluding carboxylic acids is 2. The Morgan fingerprint density at radius 2 is 1.41 bits per heavy atom. The van der Waals surface area contributed by atoms with Crippen molar-refractivity contribution < 1.29 is 9.59 Å². The molecular formula is C27H29N3O2. The van der Waals surface area contributed by atoms with Gasteiger partial charge in [0.15, 0.2) is 0 Å². The second-order valence-electron chi connectivity index (χ2n) is 8.22. The Balaban J connectivity index is 1.38. The Hall–Kier alpha value is -3.60. The monoisotopic (exact) mass is 427 g/mol. The molecule has 32 heavy (non-hydrogen) atoms. The van der Waals surface area contributed by atoms with E-state index in [4.69, 9.17) is 0 Å². The van der Waals surface area contributed by atoms with Gasteiger partial charge in [0, 0.05) is 38.3 Å². The van der Waals surface area contributed by atoms with E-state index in [-0.39, 0.29) is 17.7 Å². The predicted molar refractivity (Wildman–Crippen MR) is 129 cm³/mol. The minimum absolute atomic E-state index is 0.0373. The van der Waals surface area contributed by atoms with Gasteiger partial charge in [-0.3, -0.25) is 9.59 Å². The standard InChI is InChI=1S/C27H29N3O2/c1-21(22-10-4-2-5-11-22)20-26(31)28-25-15-9-8-14-24(25)27(32)30-18-16-29(17-19-30)23-12-6-3-7-13-23/h2-15,21H,16-20H2,1H3,(H,28,31). The van der Waals surface area contributed by atoms with Crippen LogP contribution in [-0.4, -0.2) is 42.9 Å². The number of para-hydroxylation sites is 2. The lowest BCUT2D eigenvalue weighted by Gasteiger charge is -2.36. The van der Waals surface area contributed by atoms with E-state index in [2.05, 4.69) is 22.3 Å². The normalized spacial score (nSPS) is 14.7. The fourth-order valence-electron chi connectivity index (χ4n) is 4.13. The van der Waals surface area contributed by atoms with E-state index in [9.17, 15) is 9.59 Å². The summed E-state index contributed by atoms with van der Waals surface area (Å²) in [5.41, 5.74) is 3.43. The summed E-state index contributed by atoms with van der Waals surface area (Å²) >= 11 is 0. The molecule has 4 rings (SSSR count). The Morgan fingerprint density at radius 3 is 2.09 bits per heavy atom. The zero-order valence-electron chi connectivity index (χ0n) is 18.4. The van der Waals surface area contributed by atoms with E-state index >= 15 is 0 Å². The largest absolute Gasteiger partial charge is 0.368 e. The minimum atomic E-state index is -0.0875. The number of benzene rings is 3.